The molecule has 0 N–H and O–H groups in total. The fourth-order valence-corrected chi connectivity index (χ4v) is 5.80. The minimum Gasteiger partial charge on any atom is -0.336 e. The Bertz CT molecular complexity index is 964. The second kappa shape index (κ2) is 9.34. The van der Waals surface area contributed by atoms with Crippen LogP contribution in [-0.2, 0) is 4.52 Å². The van der Waals surface area contributed by atoms with Crippen LogP contribution in [-0.4, -0.2) is 24.0 Å². The van der Waals surface area contributed by atoms with Crippen LogP contribution in [0.3, 0.4) is 0 Å². The van der Waals surface area contributed by atoms with Gasteiger partial charge in [0.15, 0.2) is 0 Å². The molecule has 0 unspecified atom stereocenters. The van der Waals surface area contributed by atoms with Gasteiger partial charge in [-0.2, -0.15) is 0 Å². The van der Waals surface area contributed by atoms with Crippen molar-refractivity contribution in [1.82, 2.24) is 0 Å². The van der Waals surface area contributed by atoms with Gasteiger partial charge in [-0.1, -0.05) is 92.7 Å². The lowest BCUT2D eigenvalue weighted by atomic mass is 10.1. The molecule has 1 heterocycles. The summed E-state index contributed by atoms with van der Waals surface area (Å²) in [5.74, 6) is 1.49. The summed E-state index contributed by atoms with van der Waals surface area (Å²) in [6.07, 6.45) is 0. The smallest absolute Gasteiger partial charge is 0.136 e. The molecule has 0 radical (unpaired) electrons. The Labute approximate surface area is 187 Å². The van der Waals surface area contributed by atoms with E-state index in [-0.39, 0.29) is 6.04 Å². The van der Waals surface area contributed by atoms with Gasteiger partial charge in [0.2, 0.25) is 0 Å². The van der Waals surface area contributed by atoms with E-state index in [0.717, 1.165) is 12.4 Å². The number of benzene rings is 3. The van der Waals surface area contributed by atoms with Crippen LogP contribution < -0.4 is 15.5 Å². The number of hydrogen-bond donors (Lipinski definition) is 0. The standard InChI is InChI=1S/C27H31N2OP/c1-21(2)25-20-29(22-14-8-5-9-15-22)26(28-25)27(3,4)30-31(23-16-10-6-11-17-23)24-18-12-7-13-19-24/h5-19,21,25H,20H2,1-4H3/t25-/m1/s1. The molecule has 0 bridgehead atoms. The molecule has 0 amide bonds. The summed E-state index contributed by atoms with van der Waals surface area (Å²) in [5.41, 5.74) is 0.626. The van der Waals surface area contributed by atoms with Gasteiger partial charge in [0.1, 0.15) is 11.4 Å². The van der Waals surface area contributed by atoms with Crippen molar-refractivity contribution in [2.45, 2.75) is 39.3 Å². The third-order valence-electron chi connectivity index (χ3n) is 5.59. The quantitative estimate of drug-likeness (QED) is 0.444. The number of nitrogens with zero attached hydrogens (tertiary/aromatic N) is 2. The zero-order valence-electron chi connectivity index (χ0n) is 18.8. The lowest BCUT2D eigenvalue weighted by molar-refractivity contribution is 0.210. The van der Waals surface area contributed by atoms with Gasteiger partial charge in [-0.3, -0.25) is 4.99 Å². The van der Waals surface area contributed by atoms with Crippen LogP contribution in [0, 0.1) is 5.92 Å². The SMILES string of the molecule is CC(C)[C@H]1CN(c2ccccc2)C(C(C)(C)OP(c2ccccc2)c2ccccc2)=N1. The second-order valence-corrected chi connectivity index (χ2v) is 10.6. The summed E-state index contributed by atoms with van der Waals surface area (Å²) in [6, 6.07) is 31.9. The number of para-hydroxylation sites is 1. The third-order valence-corrected chi connectivity index (χ3v) is 7.76. The molecule has 0 aliphatic carbocycles. The van der Waals surface area contributed by atoms with Crippen molar-refractivity contribution in [2.75, 3.05) is 11.4 Å². The first-order valence-electron chi connectivity index (χ1n) is 11.0. The number of amidine groups is 1. The largest absolute Gasteiger partial charge is 0.336 e. The Morgan fingerprint density at radius 1 is 0.839 bits per heavy atom. The fraction of sp³-hybridized carbons (Fsp3) is 0.296. The lowest BCUT2D eigenvalue weighted by Crippen LogP contribution is -2.45. The second-order valence-electron chi connectivity index (χ2n) is 8.78. The van der Waals surface area contributed by atoms with Gasteiger partial charge in [-0.05, 0) is 31.9 Å². The summed E-state index contributed by atoms with van der Waals surface area (Å²) in [7, 11) is -0.980. The highest BCUT2D eigenvalue weighted by molar-refractivity contribution is 7.68. The minimum atomic E-state index is -0.980. The molecule has 3 aromatic carbocycles. The summed E-state index contributed by atoms with van der Waals surface area (Å²) in [4.78, 5) is 7.53. The predicted molar refractivity (Wildman–Crippen MR) is 134 cm³/mol. The molecular formula is C27H31N2OP. The Morgan fingerprint density at radius 2 is 1.32 bits per heavy atom. The van der Waals surface area contributed by atoms with Gasteiger partial charge in [0.25, 0.3) is 0 Å². The Kier molecular flexibility index (Phi) is 6.55. The molecule has 4 rings (SSSR count). The van der Waals surface area contributed by atoms with E-state index in [4.69, 9.17) is 9.52 Å². The number of aliphatic imine (C=N–C) groups is 1. The monoisotopic (exact) mass is 430 g/mol. The van der Waals surface area contributed by atoms with Crippen LogP contribution in [0.1, 0.15) is 27.7 Å². The summed E-state index contributed by atoms with van der Waals surface area (Å²) in [6.45, 7) is 9.69. The zero-order chi connectivity index (χ0) is 21.8. The van der Waals surface area contributed by atoms with Crippen LogP contribution in [0.4, 0.5) is 5.69 Å². The van der Waals surface area contributed by atoms with Crippen LogP contribution in [0.15, 0.2) is 96.0 Å². The molecule has 0 fully saturated rings. The van der Waals surface area contributed by atoms with E-state index in [1.54, 1.807) is 0 Å². The summed E-state index contributed by atoms with van der Waals surface area (Å²) >= 11 is 0. The van der Waals surface area contributed by atoms with E-state index >= 15 is 0 Å². The Morgan fingerprint density at radius 3 is 1.81 bits per heavy atom. The molecular weight excluding hydrogens is 399 g/mol. The molecule has 1 aliphatic rings. The van der Waals surface area contributed by atoms with E-state index in [0.29, 0.717) is 5.92 Å². The molecule has 0 saturated heterocycles. The van der Waals surface area contributed by atoms with Gasteiger partial charge in [-0.15, -0.1) is 0 Å². The van der Waals surface area contributed by atoms with Crippen molar-refractivity contribution in [3.8, 4) is 0 Å². The predicted octanol–water partition coefficient (Wildman–Crippen LogP) is 5.77. The van der Waals surface area contributed by atoms with Crippen LogP contribution >= 0.6 is 8.15 Å². The highest BCUT2D eigenvalue weighted by Crippen LogP contribution is 2.42. The maximum Gasteiger partial charge on any atom is 0.136 e. The summed E-state index contributed by atoms with van der Waals surface area (Å²) in [5, 5.41) is 2.42. The first-order valence-corrected chi connectivity index (χ1v) is 12.2. The van der Waals surface area contributed by atoms with E-state index in [1.165, 1.54) is 16.3 Å². The van der Waals surface area contributed by atoms with E-state index < -0.39 is 13.7 Å². The van der Waals surface area contributed by atoms with Crippen molar-refractivity contribution < 1.29 is 4.52 Å². The molecule has 4 heteroatoms. The van der Waals surface area contributed by atoms with Crippen LogP contribution in [0.5, 0.6) is 0 Å². The fourth-order valence-electron chi connectivity index (χ4n) is 3.87. The maximum atomic E-state index is 6.97. The molecule has 3 aromatic rings. The van der Waals surface area contributed by atoms with E-state index in [9.17, 15) is 0 Å². The van der Waals surface area contributed by atoms with Crippen molar-refractivity contribution in [1.29, 1.82) is 0 Å². The van der Waals surface area contributed by atoms with Gasteiger partial charge in [0.05, 0.1) is 14.2 Å². The highest BCUT2D eigenvalue weighted by atomic mass is 31.1. The average molecular weight is 431 g/mol. The zero-order valence-corrected chi connectivity index (χ0v) is 19.7. The van der Waals surface area contributed by atoms with E-state index in [2.05, 4.69) is 124 Å². The molecule has 3 nitrogen and oxygen atoms in total. The first kappa shape index (κ1) is 21.7. The molecule has 160 valence electrons. The van der Waals surface area contributed by atoms with Crippen LogP contribution in [0.25, 0.3) is 0 Å². The third kappa shape index (κ3) is 4.89. The van der Waals surface area contributed by atoms with Crippen LogP contribution in [0.2, 0.25) is 0 Å². The topological polar surface area (TPSA) is 24.8 Å². The first-order chi connectivity index (χ1) is 15.0. The highest BCUT2D eigenvalue weighted by Gasteiger charge is 2.40. The maximum absolute atomic E-state index is 6.97. The normalized spacial score (nSPS) is 16.8. The molecule has 0 aromatic heterocycles. The van der Waals surface area contributed by atoms with Crippen molar-refractivity contribution in [3.63, 3.8) is 0 Å². The average Bonchev–Trinajstić information content (AvgIpc) is 3.26. The number of hydrogen-bond acceptors (Lipinski definition) is 3. The molecule has 0 saturated carbocycles. The Hall–Kier alpha value is -2.48. The molecule has 1 aliphatic heterocycles. The number of anilines is 1. The van der Waals surface area contributed by atoms with Gasteiger partial charge >= 0.3 is 0 Å². The molecule has 31 heavy (non-hydrogen) atoms. The molecule has 1 atom stereocenters. The number of rotatable bonds is 7. The lowest BCUT2D eigenvalue weighted by Gasteiger charge is -2.35. The van der Waals surface area contributed by atoms with Crippen molar-refractivity contribution >= 4 is 30.3 Å². The van der Waals surface area contributed by atoms with Crippen molar-refractivity contribution in [3.05, 3.63) is 91.0 Å². The Balaban J connectivity index is 1.71. The minimum absolute atomic E-state index is 0.262. The van der Waals surface area contributed by atoms with Gasteiger partial charge in [0, 0.05) is 22.8 Å². The van der Waals surface area contributed by atoms with E-state index in [1.807, 2.05) is 0 Å². The van der Waals surface area contributed by atoms with Gasteiger partial charge < -0.3 is 9.42 Å². The molecule has 0 spiro atoms. The summed E-state index contributed by atoms with van der Waals surface area (Å²) < 4.78 is 6.97. The van der Waals surface area contributed by atoms with Crippen molar-refractivity contribution in [2.24, 2.45) is 10.9 Å². The van der Waals surface area contributed by atoms with Gasteiger partial charge in [-0.25, -0.2) is 0 Å².